The number of aryl methyl sites for hydroxylation is 1. The highest BCUT2D eigenvalue weighted by molar-refractivity contribution is 6.00. The molecule has 4 rings (SSSR count). The van der Waals surface area contributed by atoms with Gasteiger partial charge in [-0.15, -0.1) is 0 Å². The number of alkyl halides is 3. The lowest BCUT2D eigenvalue weighted by Gasteiger charge is -2.28. The van der Waals surface area contributed by atoms with Gasteiger partial charge in [0.25, 0.3) is 5.91 Å². The van der Waals surface area contributed by atoms with Gasteiger partial charge in [-0.3, -0.25) is 4.79 Å². The Hall–Kier alpha value is -3.83. The fraction of sp³-hybridized carbons (Fsp3) is 0.308. The molecule has 0 spiro atoms. The Labute approximate surface area is 210 Å². The summed E-state index contributed by atoms with van der Waals surface area (Å²) in [6, 6.07) is 7.72. The van der Waals surface area contributed by atoms with Gasteiger partial charge in [0.15, 0.2) is 0 Å². The van der Waals surface area contributed by atoms with Crippen LogP contribution in [-0.4, -0.2) is 59.1 Å². The van der Waals surface area contributed by atoms with Gasteiger partial charge in [-0.05, 0) is 24.6 Å². The smallest absolute Gasteiger partial charge is 0.416 e. The molecular formula is C26H26F3N3O5. The number of anilines is 1. The molecule has 0 aliphatic carbocycles. The van der Waals surface area contributed by atoms with E-state index in [1.807, 2.05) is 0 Å². The molecule has 2 heterocycles. The van der Waals surface area contributed by atoms with Crippen LogP contribution in [-0.2, 0) is 22.3 Å². The summed E-state index contributed by atoms with van der Waals surface area (Å²) in [7, 11) is 1.47. The monoisotopic (exact) mass is 517 g/mol. The first-order chi connectivity index (χ1) is 17.7. The van der Waals surface area contributed by atoms with E-state index in [0.29, 0.717) is 42.0 Å². The molecule has 2 aromatic carbocycles. The van der Waals surface area contributed by atoms with Crippen molar-refractivity contribution in [1.29, 1.82) is 0 Å². The lowest BCUT2D eigenvalue weighted by atomic mass is 10.0. The number of nitrogens with zero attached hydrogens (tertiary/aromatic N) is 3. The second kappa shape index (κ2) is 10.7. The third kappa shape index (κ3) is 5.18. The molecule has 2 N–H and O–H groups in total. The number of carbonyl (C=O) groups is 1. The van der Waals surface area contributed by atoms with E-state index in [9.17, 15) is 28.2 Å². The maximum atomic E-state index is 13.3. The van der Waals surface area contributed by atoms with Gasteiger partial charge in [-0.25, -0.2) is 4.98 Å². The van der Waals surface area contributed by atoms with Crippen molar-refractivity contribution in [2.24, 2.45) is 0 Å². The molecule has 196 valence electrons. The first kappa shape index (κ1) is 26.2. The number of methoxy groups -OCH3 is 1. The number of hydrogen-bond donors (Lipinski definition) is 2. The predicted molar refractivity (Wildman–Crippen MR) is 132 cm³/mol. The van der Waals surface area contributed by atoms with Crippen molar-refractivity contribution >= 4 is 34.0 Å². The average Bonchev–Trinajstić information content (AvgIpc) is 3.23. The Morgan fingerprint density at radius 2 is 2.08 bits per heavy atom. The fourth-order valence-electron chi connectivity index (χ4n) is 4.24. The van der Waals surface area contributed by atoms with Crippen LogP contribution in [0.5, 0.6) is 5.75 Å². The molecule has 1 saturated heterocycles. The Morgan fingerprint density at radius 1 is 1.30 bits per heavy atom. The molecule has 1 aliphatic heterocycles. The minimum Gasteiger partial charge on any atom is -0.507 e. The topological polar surface area (TPSA) is 97.0 Å². The molecule has 11 heteroatoms. The SMILES string of the molecule is C=CC(=C(O)c1cccc(C(F)(F)F)c1)c1nc2cc(N3CCOCC3=O)c(OC)cc2n1CCCO. The Kier molecular flexibility index (Phi) is 7.55. The molecule has 0 saturated carbocycles. The van der Waals surface area contributed by atoms with Crippen LogP contribution in [0.15, 0.2) is 49.1 Å². The maximum Gasteiger partial charge on any atom is 0.416 e. The number of benzene rings is 2. The number of ether oxygens (including phenoxy) is 2. The zero-order valence-corrected chi connectivity index (χ0v) is 20.1. The number of aliphatic hydroxyl groups excluding tert-OH is 2. The number of imidazole rings is 1. The number of amides is 1. The van der Waals surface area contributed by atoms with E-state index in [4.69, 9.17) is 9.47 Å². The summed E-state index contributed by atoms with van der Waals surface area (Å²) in [4.78, 5) is 18.7. The minimum atomic E-state index is -4.58. The van der Waals surface area contributed by atoms with E-state index in [1.54, 1.807) is 21.6 Å². The second-order valence-electron chi connectivity index (χ2n) is 8.32. The summed E-state index contributed by atoms with van der Waals surface area (Å²) >= 11 is 0. The third-order valence-electron chi connectivity index (χ3n) is 6.03. The molecule has 0 atom stereocenters. The molecule has 0 bridgehead atoms. The van der Waals surface area contributed by atoms with Crippen molar-refractivity contribution in [2.45, 2.75) is 19.1 Å². The predicted octanol–water partition coefficient (Wildman–Crippen LogP) is 4.42. The normalized spacial score (nSPS) is 15.2. The van der Waals surface area contributed by atoms with Gasteiger partial charge in [-0.1, -0.05) is 24.8 Å². The van der Waals surface area contributed by atoms with Crippen LogP contribution >= 0.6 is 0 Å². The maximum absolute atomic E-state index is 13.3. The molecule has 1 amide bonds. The van der Waals surface area contributed by atoms with Crippen LogP contribution in [0.3, 0.4) is 0 Å². The Balaban J connectivity index is 1.92. The largest absolute Gasteiger partial charge is 0.507 e. The van der Waals surface area contributed by atoms with Crippen LogP contribution < -0.4 is 9.64 Å². The second-order valence-corrected chi connectivity index (χ2v) is 8.32. The number of aromatic nitrogens is 2. The molecular weight excluding hydrogens is 491 g/mol. The van der Waals surface area contributed by atoms with Gasteiger partial charge in [0.05, 0.1) is 41.6 Å². The highest BCUT2D eigenvalue weighted by Gasteiger charge is 2.31. The van der Waals surface area contributed by atoms with Gasteiger partial charge in [0.2, 0.25) is 0 Å². The van der Waals surface area contributed by atoms with Crippen molar-refractivity contribution in [3.8, 4) is 5.75 Å². The summed E-state index contributed by atoms with van der Waals surface area (Å²) in [6.45, 7) is 4.53. The number of allylic oxidation sites excluding steroid dienone is 2. The third-order valence-corrected chi connectivity index (χ3v) is 6.03. The van der Waals surface area contributed by atoms with E-state index in [-0.39, 0.29) is 42.6 Å². The molecule has 1 fully saturated rings. The average molecular weight is 518 g/mol. The van der Waals surface area contributed by atoms with E-state index in [1.165, 1.54) is 25.3 Å². The van der Waals surface area contributed by atoms with Gasteiger partial charge in [0.1, 0.15) is 23.9 Å². The van der Waals surface area contributed by atoms with Crippen molar-refractivity contribution in [3.05, 3.63) is 66.0 Å². The number of rotatable bonds is 8. The number of morpholine rings is 1. The van der Waals surface area contributed by atoms with Crippen LogP contribution in [0.25, 0.3) is 22.4 Å². The van der Waals surface area contributed by atoms with E-state index >= 15 is 0 Å². The van der Waals surface area contributed by atoms with Crippen molar-refractivity contribution < 1.29 is 37.7 Å². The van der Waals surface area contributed by atoms with Crippen molar-refractivity contribution in [1.82, 2.24) is 9.55 Å². The molecule has 37 heavy (non-hydrogen) atoms. The van der Waals surface area contributed by atoms with E-state index < -0.39 is 17.5 Å². The number of halogens is 3. The molecule has 1 aliphatic rings. The van der Waals surface area contributed by atoms with Crippen molar-refractivity contribution in [2.75, 3.05) is 38.4 Å². The molecule has 8 nitrogen and oxygen atoms in total. The highest BCUT2D eigenvalue weighted by atomic mass is 19.4. The summed E-state index contributed by atoms with van der Waals surface area (Å²) < 4.78 is 52.3. The van der Waals surface area contributed by atoms with E-state index in [0.717, 1.165) is 12.1 Å². The summed E-state index contributed by atoms with van der Waals surface area (Å²) in [5.41, 5.74) is 0.686. The quantitative estimate of drug-likeness (QED) is 0.339. The number of fused-ring (bicyclic) bond motifs is 1. The molecule has 3 aromatic rings. The zero-order valence-electron chi connectivity index (χ0n) is 20.1. The fourth-order valence-corrected chi connectivity index (χ4v) is 4.24. The lowest BCUT2D eigenvalue weighted by molar-refractivity contribution is -0.137. The van der Waals surface area contributed by atoms with Gasteiger partial charge >= 0.3 is 6.18 Å². The van der Waals surface area contributed by atoms with Crippen LogP contribution in [0, 0.1) is 0 Å². The standard InChI is InChI=1S/C26H26F3N3O5/c1-3-18(24(35)16-6-4-7-17(12-16)26(27,28)29)25-30-19-13-21(31-9-11-37-15-23(31)34)22(36-2)14-20(19)32(25)8-5-10-33/h3-4,6-7,12-14,33,35H,1,5,8-11,15H2,2H3. The van der Waals surface area contributed by atoms with Crippen LogP contribution in [0.4, 0.5) is 18.9 Å². The van der Waals surface area contributed by atoms with Crippen molar-refractivity contribution in [3.63, 3.8) is 0 Å². The van der Waals surface area contributed by atoms with Crippen LogP contribution in [0.2, 0.25) is 0 Å². The number of aliphatic hydroxyl groups is 2. The Bertz CT molecular complexity index is 1360. The first-order valence-electron chi connectivity index (χ1n) is 11.5. The summed E-state index contributed by atoms with van der Waals surface area (Å²) in [6.07, 6.45) is -2.92. The molecule has 0 unspecified atom stereocenters. The van der Waals surface area contributed by atoms with Gasteiger partial charge in [-0.2, -0.15) is 13.2 Å². The first-order valence-corrected chi connectivity index (χ1v) is 11.5. The minimum absolute atomic E-state index is 0.0531. The zero-order chi connectivity index (χ0) is 26.7. The highest BCUT2D eigenvalue weighted by Crippen LogP contribution is 2.37. The van der Waals surface area contributed by atoms with E-state index in [2.05, 4.69) is 11.6 Å². The number of hydrogen-bond acceptors (Lipinski definition) is 6. The Morgan fingerprint density at radius 3 is 2.73 bits per heavy atom. The molecule has 1 aromatic heterocycles. The summed E-state index contributed by atoms with van der Waals surface area (Å²) in [5, 5.41) is 20.5. The summed E-state index contributed by atoms with van der Waals surface area (Å²) in [5.74, 6) is -0.0264. The van der Waals surface area contributed by atoms with Gasteiger partial charge in [0, 0.05) is 31.3 Å². The molecule has 0 radical (unpaired) electrons. The van der Waals surface area contributed by atoms with Crippen LogP contribution in [0.1, 0.15) is 23.4 Å². The van der Waals surface area contributed by atoms with Gasteiger partial charge < -0.3 is 29.2 Å². The number of carbonyl (C=O) groups excluding carboxylic acids is 1. The lowest BCUT2D eigenvalue weighted by Crippen LogP contribution is -2.41.